The van der Waals surface area contributed by atoms with Crippen LogP contribution in [0, 0.1) is 0 Å². The molecule has 128 valence electrons. The largest absolute Gasteiger partial charge is 0.354 e. The Kier molecular flexibility index (Phi) is 9.87. The van der Waals surface area contributed by atoms with E-state index < -0.39 is 0 Å². The second-order valence-corrected chi connectivity index (χ2v) is 6.13. The molecule has 22 heavy (non-hydrogen) atoms. The molecule has 0 aromatic heterocycles. The first kappa shape index (κ1) is 18.9. The van der Waals surface area contributed by atoms with Crippen molar-refractivity contribution in [1.29, 1.82) is 0 Å². The topological polar surface area (TPSA) is 61.4 Å². The minimum Gasteiger partial charge on any atom is -0.354 e. The van der Waals surface area contributed by atoms with Gasteiger partial charge in [-0.15, -0.1) is 0 Å². The molecule has 5 nitrogen and oxygen atoms in total. The van der Waals surface area contributed by atoms with Crippen molar-refractivity contribution < 1.29 is 9.59 Å². The number of nitrogens with zero attached hydrogens (tertiary/aromatic N) is 1. The zero-order valence-corrected chi connectivity index (χ0v) is 14.3. The van der Waals surface area contributed by atoms with Gasteiger partial charge in [-0.1, -0.05) is 46.0 Å². The van der Waals surface area contributed by atoms with Gasteiger partial charge < -0.3 is 15.5 Å². The number of hydrogen-bond acceptors (Lipinski definition) is 3. The number of unbranched alkanes of at least 4 members (excludes halogenated alkanes) is 4. The van der Waals surface area contributed by atoms with Crippen molar-refractivity contribution in [3.05, 3.63) is 0 Å². The molecule has 5 heteroatoms. The molecule has 1 saturated heterocycles. The normalized spacial score (nSPS) is 18.9. The third-order valence-electron chi connectivity index (χ3n) is 4.34. The summed E-state index contributed by atoms with van der Waals surface area (Å²) in [7, 11) is 0. The zero-order valence-electron chi connectivity index (χ0n) is 14.3. The number of rotatable bonds is 8. The van der Waals surface area contributed by atoms with Crippen LogP contribution in [-0.4, -0.2) is 48.9 Å². The van der Waals surface area contributed by atoms with Gasteiger partial charge in [0.15, 0.2) is 0 Å². The Morgan fingerprint density at radius 1 is 1.05 bits per heavy atom. The lowest BCUT2D eigenvalue weighted by atomic mass is 10.0. The summed E-state index contributed by atoms with van der Waals surface area (Å²) in [6, 6.07) is 0.267. The molecule has 2 N–H and O–H groups in total. The van der Waals surface area contributed by atoms with E-state index in [9.17, 15) is 9.59 Å². The molecule has 1 unspecified atom stereocenters. The summed E-state index contributed by atoms with van der Waals surface area (Å²) in [6.07, 6.45) is 8.24. The molecule has 0 aromatic carbocycles. The Labute approximate surface area is 135 Å². The van der Waals surface area contributed by atoms with Crippen molar-refractivity contribution in [2.45, 2.75) is 71.3 Å². The maximum atomic E-state index is 12.4. The molecular formula is C17H33N3O2. The molecular weight excluding hydrogens is 278 g/mol. The summed E-state index contributed by atoms with van der Waals surface area (Å²) < 4.78 is 0. The Hall–Kier alpha value is -1.10. The van der Waals surface area contributed by atoms with E-state index >= 15 is 0 Å². The molecule has 1 fully saturated rings. The first-order valence-corrected chi connectivity index (χ1v) is 8.95. The third kappa shape index (κ3) is 7.25. The summed E-state index contributed by atoms with van der Waals surface area (Å²) in [4.78, 5) is 26.1. The predicted octanol–water partition coefficient (Wildman–Crippen LogP) is 2.06. The molecule has 0 aromatic rings. The van der Waals surface area contributed by atoms with Crippen LogP contribution in [0.5, 0.6) is 0 Å². The predicted molar refractivity (Wildman–Crippen MR) is 89.7 cm³/mol. The van der Waals surface area contributed by atoms with Gasteiger partial charge in [-0.25, -0.2) is 0 Å². The van der Waals surface area contributed by atoms with Crippen LogP contribution in [0.2, 0.25) is 0 Å². The Morgan fingerprint density at radius 2 is 1.82 bits per heavy atom. The minimum atomic E-state index is -0.156. The van der Waals surface area contributed by atoms with Crippen LogP contribution >= 0.6 is 0 Å². The van der Waals surface area contributed by atoms with E-state index in [-0.39, 0.29) is 24.3 Å². The van der Waals surface area contributed by atoms with Crippen LogP contribution in [-0.2, 0) is 9.59 Å². The van der Waals surface area contributed by atoms with Crippen molar-refractivity contribution in [3.8, 4) is 0 Å². The third-order valence-corrected chi connectivity index (χ3v) is 4.34. The maximum Gasteiger partial charge on any atom is 0.232 e. The average molecular weight is 311 g/mol. The number of amides is 2. The van der Waals surface area contributed by atoms with E-state index in [1.807, 2.05) is 4.90 Å². The van der Waals surface area contributed by atoms with Crippen LogP contribution in [0.1, 0.15) is 65.2 Å². The van der Waals surface area contributed by atoms with E-state index in [1.54, 1.807) is 0 Å². The van der Waals surface area contributed by atoms with Crippen molar-refractivity contribution in [2.75, 3.05) is 26.2 Å². The second-order valence-electron chi connectivity index (χ2n) is 6.13. The lowest BCUT2D eigenvalue weighted by Crippen LogP contribution is -2.47. The van der Waals surface area contributed by atoms with Gasteiger partial charge in [0.25, 0.3) is 0 Å². The van der Waals surface area contributed by atoms with E-state index in [2.05, 4.69) is 24.5 Å². The van der Waals surface area contributed by atoms with Gasteiger partial charge in [-0.3, -0.25) is 9.59 Å². The summed E-state index contributed by atoms with van der Waals surface area (Å²) in [5, 5.41) is 6.06. The molecule has 1 heterocycles. The number of carbonyl (C=O) groups excluding carboxylic acids is 2. The van der Waals surface area contributed by atoms with E-state index in [0.29, 0.717) is 13.1 Å². The van der Waals surface area contributed by atoms with Gasteiger partial charge in [0, 0.05) is 32.2 Å². The highest BCUT2D eigenvalue weighted by Gasteiger charge is 2.24. The molecule has 1 aliphatic rings. The molecule has 0 bridgehead atoms. The first-order chi connectivity index (χ1) is 10.7. The molecule has 1 rings (SSSR count). The standard InChI is InChI=1S/C17H33N3O2/c1-3-5-6-7-8-9-15(4-2)20-13-12-18-10-11-19-16(21)14-17(20)22/h15,18H,3-14H2,1-2H3,(H,19,21). The van der Waals surface area contributed by atoms with Gasteiger partial charge in [0.1, 0.15) is 6.42 Å². The van der Waals surface area contributed by atoms with E-state index in [0.717, 1.165) is 25.9 Å². The highest BCUT2D eigenvalue weighted by atomic mass is 16.2. The minimum absolute atomic E-state index is 0.00760. The van der Waals surface area contributed by atoms with Crippen LogP contribution in [0.15, 0.2) is 0 Å². The molecule has 0 radical (unpaired) electrons. The molecule has 0 aliphatic carbocycles. The summed E-state index contributed by atoms with van der Waals surface area (Å²) in [5.74, 6) is -0.182. The van der Waals surface area contributed by atoms with Crippen LogP contribution < -0.4 is 10.6 Å². The van der Waals surface area contributed by atoms with Gasteiger partial charge in [-0.2, -0.15) is 0 Å². The van der Waals surface area contributed by atoms with Crippen molar-refractivity contribution in [1.82, 2.24) is 15.5 Å². The van der Waals surface area contributed by atoms with Crippen molar-refractivity contribution in [2.24, 2.45) is 0 Å². The second kappa shape index (κ2) is 11.5. The Balaban J connectivity index is 2.52. The number of carbonyl (C=O) groups is 2. The fraction of sp³-hybridized carbons (Fsp3) is 0.882. The highest BCUT2D eigenvalue weighted by Crippen LogP contribution is 2.15. The van der Waals surface area contributed by atoms with E-state index in [1.165, 1.54) is 32.1 Å². The SMILES string of the molecule is CCCCCCCC(CC)N1CCNCCNC(=O)CC1=O. The molecule has 1 aliphatic heterocycles. The lowest BCUT2D eigenvalue weighted by molar-refractivity contribution is -0.138. The van der Waals surface area contributed by atoms with Gasteiger partial charge >= 0.3 is 0 Å². The molecule has 1 atom stereocenters. The maximum absolute atomic E-state index is 12.4. The smallest absolute Gasteiger partial charge is 0.232 e. The van der Waals surface area contributed by atoms with Crippen molar-refractivity contribution >= 4 is 11.8 Å². The molecule has 0 saturated carbocycles. The van der Waals surface area contributed by atoms with Crippen molar-refractivity contribution in [3.63, 3.8) is 0 Å². The van der Waals surface area contributed by atoms with Crippen LogP contribution in [0.4, 0.5) is 0 Å². The van der Waals surface area contributed by atoms with Gasteiger partial charge in [0.05, 0.1) is 0 Å². The summed E-state index contributed by atoms with van der Waals surface area (Å²) >= 11 is 0. The quantitative estimate of drug-likeness (QED) is 0.533. The Bertz CT molecular complexity index is 334. The summed E-state index contributed by atoms with van der Waals surface area (Å²) in [5.41, 5.74) is 0. The fourth-order valence-corrected chi connectivity index (χ4v) is 2.99. The number of nitrogens with one attached hydrogen (secondary N) is 2. The fourth-order valence-electron chi connectivity index (χ4n) is 2.99. The van der Waals surface area contributed by atoms with Crippen LogP contribution in [0.25, 0.3) is 0 Å². The van der Waals surface area contributed by atoms with Gasteiger partial charge in [-0.05, 0) is 12.8 Å². The lowest BCUT2D eigenvalue weighted by Gasteiger charge is -2.32. The Morgan fingerprint density at radius 3 is 2.55 bits per heavy atom. The summed E-state index contributed by atoms with van der Waals surface area (Å²) in [6.45, 7) is 7.23. The first-order valence-electron chi connectivity index (χ1n) is 8.95. The van der Waals surface area contributed by atoms with Crippen LogP contribution in [0.3, 0.4) is 0 Å². The average Bonchev–Trinajstić information content (AvgIpc) is 2.50. The van der Waals surface area contributed by atoms with Gasteiger partial charge in [0.2, 0.25) is 11.8 Å². The monoisotopic (exact) mass is 311 g/mol. The number of hydrogen-bond donors (Lipinski definition) is 2. The molecule has 0 spiro atoms. The zero-order chi connectivity index (χ0) is 16.2. The van der Waals surface area contributed by atoms with E-state index in [4.69, 9.17) is 0 Å². The molecule has 2 amide bonds. The highest BCUT2D eigenvalue weighted by molar-refractivity contribution is 5.97.